The summed E-state index contributed by atoms with van der Waals surface area (Å²) in [5.41, 5.74) is 2.56. The Bertz CT molecular complexity index is 959. The van der Waals surface area contributed by atoms with E-state index in [-0.39, 0.29) is 12.0 Å². The molecule has 0 bridgehead atoms. The van der Waals surface area contributed by atoms with E-state index >= 15 is 0 Å². The minimum atomic E-state index is -0.0593. The van der Waals surface area contributed by atoms with Gasteiger partial charge in [-0.05, 0) is 61.9 Å². The van der Waals surface area contributed by atoms with Crippen molar-refractivity contribution in [2.24, 2.45) is 0 Å². The molecule has 0 saturated carbocycles. The van der Waals surface area contributed by atoms with Crippen molar-refractivity contribution < 1.29 is 9.53 Å². The third kappa shape index (κ3) is 3.92. The van der Waals surface area contributed by atoms with Gasteiger partial charge >= 0.3 is 0 Å². The SMILES string of the molecule is CSc1ccc(C(=O)N(CC2CCCO2)c2nc3c(C)ccc(Cl)c3s2)cc1. The number of ether oxygens (including phenoxy) is 1. The Balaban J connectivity index is 1.73. The minimum absolute atomic E-state index is 0.0398. The Morgan fingerprint density at radius 1 is 1.32 bits per heavy atom. The van der Waals surface area contributed by atoms with Crippen LogP contribution >= 0.6 is 34.7 Å². The summed E-state index contributed by atoms with van der Waals surface area (Å²) < 4.78 is 6.72. The van der Waals surface area contributed by atoms with E-state index in [0.29, 0.717) is 22.3 Å². The number of rotatable bonds is 5. The highest BCUT2D eigenvalue weighted by molar-refractivity contribution is 7.98. The van der Waals surface area contributed by atoms with E-state index in [0.717, 1.165) is 40.1 Å². The summed E-state index contributed by atoms with van der Waals surface area (Å²) in [6.07, 6.45) is 4.05. The zero-order chi connectivity index (χ0) is 19.7. The van der Waals surface area contributed by atoms with E-state index < -0.39 is 0 Å². The van der Waals surface area contributed by atoms with Crippen LogP contribution in [0.4, 0.5) is 5.13 Å². The minimum Gasteiger partial charge on any atom is -0.376 e. The average molecular weight is 433 g/mol. The highest BCUT2D eigenvalue weighted by Gasteiger charge is 2.27. The van der Waals surface area contributed by atoms with Crippen molar-refractivity contribution in [1.29, 1.82) is 0 Å². The average Bonchev–Trinajstić information content (AvgIpc) is 3.39. The van der Waals surface area contributed by atoms with Crippen LogP contribution in [0.15, 0.2) is 41.3 Å². The molecule has 4 rings (SSSR count). The van der Waals surface area contributed by atoms with Crippen LogP contribution in [-0.4, -0.2) is 36.4 Å². The molecule has 0 spiro atoms. The van der Waals surface area contributed by atoms with Gasteiger partial charge in [0.15, 0.2) is 5.13 Å². The molecule has 146 valence electrons. The molecule has 0 aliphatic carbocycles. The number of carbonyl (C=O) groups excluding carboxylic acids is 1. The quantitative estimate of drug-likeness (QED) is 0.477. The Kier molecular flexibility index (Phi) is 5.92. The number of aromatic nitrogens is 1. The number of hydrogen-bond acceptors (Lipinski definition) is 5. The molecule has 1 aromatic heterocycles. The smallest absolute Gasteiger partial charge is 0.260 e. The third-order valence-electron chi connectivity index (χ3n) is 4.91. The van der Waals surface area contributed by atoms with Gasteiger partial charge in [-0.3, -0.25) is 9.69 Å². The van der Waals surface area contributed by atoms with Crippen LogP contribution < -0.4 is 4.90 Å². The standard InChI is InChI=1S/C21H21ClN2O2S2/c1-13-5-10-17(22)19-18(13)23-21(28-19)24(12-15-4-3-11-26-15)20(25)14-6-8-16(27-2)9-7-14/h5-10,15H,3-4,11-12H2,1-2H3. The number of benzene rings is 2. The molecule has 3 aromatic rings. The predicted octanol–water partition coefficient (Wildman–Crippen LogP) is 5.81. The molecule has 1 unspecified atom stereocenters. The van der Waals surface area contributed by atoms with E-state index in [1.807, 2.05) is 49.6 Å². The molecule has 0 radical (unpaired) electrons. The van der Waals surface area contributed by atoms with Crippen molar-refractivity contribution in [2.45, 2.75) is 30.8 Å². The van der Waals surface area contributed by atoms with E-state index in [9.17, 15) is 4.79 Å². The molecule has 1 aliphatic heterocycles. The number of fused-ring (bicyclic) bond motifs is 1. The maximum Gasteiger partial charge on any atom is 0.260 e. The molecule has 28 heavy (non-hydrogen) atoms. The van der Waals surface area contributed by atoms with Crippen molar-refractivity contribution in [3.63, 3.8) is 0 Å². The van der Waals surface area contributed by atoms with Crippen molar-refractivity contribution >= 4 is 56.0 Å². The van der Waals surface area contributed by atoms with E-state index in [2.05, 4.69) is 0 Å². The molecule has 1 saturated heterocycles. The van der Waals surface area contributed by atoms with Crippen molar-refractivity contribution in [3.05, 3.63) is 52.5 Å². The summed E-state index contributed by atoms with van der Waals surface area (Å²) in [5, 5.41) is 1.33. The number of hydrogen-bond donors (Lipinski definition) is 0. The summed E-state index contributed by atoms with van der Waals surface area (Å²) >= 11 is 9.51. The lowest BCUT2D eigenvalue weighted by molar-refractivity contribution is 0.0917. The summed E-state index contributed by atoms with van der Waals surface area (Å²) in [7, 11) is 0. The third-order valence-corrected chi connectivity index (χ3v) is 7.19. The first-order chi connectivity index (χ1) is 13.6. The number of anilines is 1. The number of thiazole rings is 1. The van der Waals surface area contributed by atoms with Crippen molar-refractivity contribution in [2.75, 3.05) is 24.3 Å². The number of thioether (sulfide) groups is 1. The van der Waals surface area contributed by atoms with E-state index in [1.165, 1.54) is 11.3 Å². The monoisotopic (exact) mass is 432 g/mol. The van der Waals surface area contributed by atoms with Gasteiger partial charge in [-0.1, -0.05) is 29.0 Å². The van der Waals surface area contributed by atoms with Gasteiger partial charge in [0.05, 0.1) is 27.9 Å². The van der Waals surface area contributed by atoms with Gasteiger partial charge in [-0.15, -0.1) is 11.8 Å². The van der Waals surface area contributed by atoms with Crippen LogP contribution in [0.25, 0.3) is 10.2 Å². The molecule has 0 N–H and O–H groups in total. The van der Waals surface area contributed by atoms with Gasteiger partial charge in [0, 0.05) is 17.1 Å². The van der Waals surface area contributed by atoms with Crippen LogP contribution in [0.3, 0.4) is 0 Å². The second-order valence-corrected chi connectivity index (χ2v) is 9.08. The van der Waals surface area contributed by atoms with Gasteiger partial charge in [0.25, 0.3) is 5.91 Å². The number of amides is 1. The first-order valence-electron chi connectivity index (χ1n) is 9.20. The largest absolute Gasteiger partial charge is 0.376 e. The van der Waals surface area contributed by atoms with Gasteiger partial charge in [0.1, 0.15) is 0 Å². The van der Waals surface area contributed by atoms with Crippen LogP contribution in [0.2, 0.25) is 5.02 Å². The Labute approximate surface area is 177 Å². The molecule has 2 heterocycles. The maximum absolute atomic E-state index is 13.4. The highest BCUT2D eigenvalue weighted by Crippen LogP contribution is 2.36. The van der Waals surface area contributed by atoms with Crippen LogP contribution in [-0.2, 0) is 4.74 Å². The Hall–Kier alpha value is -1.60. The topological polar surface area (TPSA) is 42.4 Å². The first kappa shape index (κ1) is 19.7. The number of nitrogens with zero attached hydrogens (tertiary/aromatic N) is 2. The molecular formula is C21H21ClN2O2S2. The van der Waals surface area contributed by atoms with Crippen LogP contribution in [0, 0.1) is 6.92 Å². The van der Waals surface area contributed by atoms with Crippen molar-refractivity contribution in [3.8, 4) is 0 Å². The van der Waals surface area contributed by atoms with Gasteiger partial charge in [-0.2, -0.15) is 0 Å². The van der Waals surface area contributed by atoms with Gasteiger partial charge in [-0.25, -0.2) is 4.98 Å². The molecule has 1 atom stereocenters. The Morgan fingerprint density at radius 2 is 2.11 bits per heavy atom. The lowest BCUT2D eigenvalue weighted by Gasteiger charge is -2.23. The zero-order valence-electron chi connectivity index (χ0n) is 15.8. The fraction of sp³-hybridized carbons (Fsp3) is 0.333. The number of carbonyl (C=O) groups is 1. The van der Waals surface area contributed by atoms with Crippen LogP contribution in [0.1, 0.15) is 28.8 Å². The Morgan fingerprint density at radius 3 is 2.75 bits per heavy atom. The number of halogens is 1. The van der Waals surface area contributed by atoms with Crippen LogP contribution in [0.5, 0.6) is 0 Å². The molecule has 1 amide bonds. The molecular weight excluding hydrogens is 412 g/mol. The lowest BCUT2D eigenvalue weighted by Crippen LogP contribution is -2.37. The summed E-state index contributed by atoms with van der Waals surface area (Å²) in [6, 6.07) is 11.5. The molecule has 1 aliphatic rings. The second-order valence-electron chi connectivity index (χ2n) is 6.82. The van der Waals surface area contributed by atoms with E-state index in [4.69, 9.17) is 21.3 Å². The maximum atomic E-state index is 13.4. The summed E-state index contributed by atoms with van der Waals surface area (Å²) in [6.45, 7) is 3.26. The number of aryl methyl sites for hydroxylation is 1. The zero-order valence-corrected chi connectivity index (χ0v) is 18.2. The molecule has 1 fully saturated rings. The van der Waals surface area contributed by atoms with Gasteiger partial charge < -0.3 is 4.74 Å². The summed E-state index contributed by atoms with van der Waals surface area (Å²) in [5.74, 6) is -0.0593. The molecule has 4 nitrogen and oxygen atoms in total. The predicted molar refractivity (Wildman–Crippen MR) is 118 cm³/mol. The normalized spacial score (nSPS) is 16.6. The molecule has 2 aromatic carbocycles. The van der Waals surface area contributed by atoms with Gasteiger partial charge in [0.2, 0.25) is 0 Å². The fourth-order valence-corrected chi connectivity index (χ4v) is 5.07. The molecule has 7 heteroatoms. The van der Waals surface area contributed by atoms with E-state index in [1.54, 1.807) is 16.7 Å². The lowest BCUT2D eigenvalue weighted by atomic mass is 10.2. The summed E-state index contributed by atoms with van der Waals surface area (Å²) in [4.78, 5) is 21.0. The second kappa shape index (κ2) is 8.41. The fourth-order valence-electron chi connectivity index (χ4n) is 3.34. The highest BCUT2D eigenvalue weighted by atomic mass is 35.5. The first-order valence-corrected chi connectivity index (χ1v) is 11.6. The van der Waals surface area contributed by atoms with Crippen molar-refractivity contribution in [1.82, 2.24) is 4.98 Å².